The van der Waals surface area contributed by atoms with Crippen LogP contribution in [0, 0.1) is 13.8 Å². The van der Waals surface area contributed by atoms with E-state index in [2.05, 4.69) is 20.6 Å². The summed E-state index contributed by atoms with van der Waals surface area (Å²) in [5.74, 6) is -0.235. The summed E-state index contributed by atoms with van der Waals surface area (Å²) in [6, 6.07) is 3.53. The zero-order chi connectivity index (χ0) is 17.3. The summed E-state index contributed by atoms with van der Waals surface area (Å²) >= 11 is 6.14. The maximum atomic E-state index is 12.2. The van der Waals surface area contributed by atoms with Crippen molar-refractivity contribution in [2.75, 3.05) is 0 Å². The lowest BCUT2D eigenvalue weighted by atomic mass is 10.3. The molecule has 3 heterocycles. The Hall–Kier alpha value is -2.61. The molecule has 3 rings (SSSR count). The van der Waals surface area contributed by atoms with Crippen LogP contribution in [0.2, 0.25) is 5.02 Å². The molecular weight excluding hydrogens is 330 g/mol. The average molecular weight is 348 g/mol. The van der Waals surface area contributed by atoms with Gasteiger partial charge in [-0.05, 0) is 26.0 Å². The molecule has 0 spiro atoms. The maximum absolute atomic E-state index is 12.2. The number of nitrogens with one attached hydrogen (secondary N) is 1. The third-order valence-corrected chi connectivity index (χ3v) is 4.34. The third-order valence-electron chi connectivity index (χ3n) is 3.80. The quantitative estimate of drug-likeness (QED) is 0.758. The van der Waals surface area contributed by atoms with E-state index < -0.39 is 0 Å². The second kappa shape index (κ2) is 6.48. The van der Waals surface area contributed by atoms with Crippen molar-refractivity contribution in [2.45, 2.75) is 27.1 Å². The zero-order valence-corrected chi connectivity index (χ0v) is 14.4. The Kier molecular flexibility index (Phi) is 4.39. The van der Waals surface area contributed by atoms with Crippen LogP contribution in [0.5, 0.6) is 0 Å². The minimum Gasteiger partial charge on any atom is -0.345 e. The highest BCUT2D eigenvalue weighted by atomic mass is 35.5. The normalized spacial score (nSPS) is 11.0. The number of amides is 1. The van der Waals surface area contributed by atoms with Crippen molar-refractivity contribution < 1.29 is 4.79 Å². The summed E-state index contributed by atoms with van der Waals surface area (Å²) in [6.45, 7) is 4.54. The molecule has 126 valence electrons. The number of aryl methyl sites for hydroxylation is 2. The number of nitrogens with zero attached hydrogens (tertiary/aromatic N) is 6. The van der Waals surface area contributed by atoms with Crippen LogP contribution in [0.4, 0.5) is 0 Å². The van der Waals surface area contributed by atoms with Crippen molar-refractivity contribution in [2.24, 2.45) is 7.05 Å². The van der Waals surface area contributed by atoms with E-state index in [1.165, 1.54) is 0 Å². The van der Waals surface area contributed by atoms with Crippen molar-refractivity contribution >= 4 is 17.5 Å². The molecule has 0 aromatic carbocycles. The van der Waals surface area contributed by atoms with Crippen LogP contribution >= 0.6 is 11.6 Å². The highest BCUT2D eigenvalue weighted by molar-refractivity contribution is 6.31. The van der Waals surface area contributed by atoms with Gasteiger partial charge in [-0.15, -0.1) is 0 Å². The molecule has 0 bridgehead atoms. The highest BCUT2D eigenvalue weighted by Crippen LogP contribution is 2.18. The van der Waals surface area contributed by atoms with Crippen molar-refractivity contribution in [1.29, 1.82) is 0 Å². The summed E-state index contributed by atoms with van der Waals surface area (Å²) in [4.78, 5) is 12.2. The summed E-state index contributed by atoms with van der Waals surface area (Å²) in [6.07, 6.45) is 3.43. The Morgan fingerprint density at radius 2 is 2.08 bits per heavy atom. The van der Waals surface area contributed by atoms with Gasteiger partial charge in [-0.1, -0.05) is 11.6 Å². The molecule has 3 aromatic heterocycles. The van der Waals surface area contributed by atoms with Crippen LogP contribution in [0.25, 0.3) is 0 Å². The number of carbonyl (C=O) groups excluding carboxylic acids is 1. The fourth-order valence-corrected chi connectivity index (χ4v) is 2.48. The first kappa shape index (κ1) is 16.3. The van der Waals surface area contributed by atoms with Gasteiger partial charge >= 0.3 is 0 Å². The van der Waals surface area contributed by atoms with Gasteiger partial charge in [0.1, 0.15) is 12.4 Å². The van der Waals surface area contributed by atoms with Gasteiger partial charge in [0.25, 0.3) is 5.91 Å². The summed E-state index contributed by atoms with van der Waals surface area (Å²) in [5.41, 5.74) is 2.91. The molecular formula is C15H18ClN7O. The predicted octanol–water partition coefficient (Wildman–Crippen LogP) is 1.52. The minimum absolute atomic E-state index is 0.235. The van der Waals surface area contributed by atoms with Gasteiger partial charge < -0.3 is 5.32 Å². The Morgan fingerprint density at radius 3 is 2.71 bits per heavy atom. The molecule has 0 unspecified atom stereocenters. The van der Waals surface area contributed by atoms with Crippen molar-refractivity contribution in [3.63, 3.8) is 0 Å². The molecule has 0 aliphatic rings. The Labute approximate surface area is 144 Å². The van der Waals surface area contributed by atoms with E-state index in [4.69, 9.17) is 11.6 Å². The van der Waals surface area contributed by atoms with Gasteiger partial charge in [0, 0.05) is 19.4 Å². The Bertz CT molecular complexity index is 876. The molecule has 0 saturated carbocycles. The van der Waals surface area contributed by atoms with Crippen LogP contribution in [-0.4, -0.2) is 35.2 Å². The highest BCUT2D eigenvalue weighted by Gasteiger charge is 2.12. The van der Waals surface area contributed by atoms with Crippen LogP contribution < -0.4 is 5.32 Å². The smallest absolute Gasteiger partial charge is 0.272 e. The molecule has 0 fully saturated rings. The molecule has 0 radical (unpaired) electrons. The number of aromatic nitrogens is 6. The molecule has 24 heavy (non-hydrogen) atoms. The van der Waals surface area contributed by atoms with E-state index in [0.29, 0.717) is 23.9 Å². The zero-order valence-electron chi connectivity index (χ0n) is 13.7. The van der Waals surface area contributed by atoms with Gasteiger partial charge in [0.05, 0.1) is 28.6 Å². The second-order valence-corrected chi connectivity index (χ2v) is 5.87. The SMILES string of the molecule is Cc1nn(Cn2ccc(C(=O)NCc3ccnn3C)n2)c(C)c1Cl. The molecule has 0 saturated heterocycles. The monoisotopic (exact) mass is 347 g/mol. The van der Waals surface area contributed by atoms with E-state index >= 15 is 0 Å². The van der Waals surface area contributed by atoms with Gasteiger partial charge in [-0.25, -0.2) is 4.68 Å². The van der Waals surface area contributed by atoms with Gasteiger partial charge in [-0.3, -0.25) is 14.2 Å². The first-order valence-corrected chi connectivity index (χ1v) is 7.81. The molecule has 1 amide bonds. The topological polar surface area (TPSA) is 82.6 Å². The number of carbonyl (C=O) groups is 1. The van der Waals surface area contributed by atoms with E-state index in [-0.39, 0.29) is 5.91 Å². The Morgan fingerprint density at radius 1 is 1.29 bits per heavy atom. The lowest BCUT2D eigenvalue weighted by Crippen LogP contribution is -2.25. The minimum atomic E-state index is -0.235. The van der Waals surface area contributed by atoms with E-state index in [0.717, 1.165) is 17.1 Å². The van der Waals surface area contributed by atoms with Crippen LogP contribution in [0.3, 0.4) is 0 Å². The lowest BCUT2D eigenvalue weighted by Gasteiger charge is -2.05. The first-order valence-electron chi connectivity index (χ1n) is 7.43. The molecule has 3 aromatic rings. The molecule has 0 atom stereocenters. The number of rotatable bonds is 5. The van der Waals surface area contributed by atoms with Crippen molar-refractivity contribution in [1.82, 2.24) is 34.7 Å². The molecule has 0 aliphatic carbocycles. The van der Waals surface area contributed by atoms with E-state index in [1.807, 2.05) is 27.0 Å². The van der Waals surface area contributed by atoms with Crippen molar-refractivity contribution in [3.8, 4) is 0 Å². The summed E-state index contributed by atoms with van der Waals surface area (Å²) in [5, 5.41) is 16.2. The predicted molar refractivity (Wildman–Crippen MR) is 88.7 cm³/mol. The summed E-state index contributed by atoms with van der Waals surface area (Å²) < 4.78 is 5.11. The van der Waals surface area contributed by atoms with Gasteiger partial charge in [0.2, 0.25) is 0 Å². The lowest BCUT2D eigenvalue weighted by molar-refractivity contribution is 0.0944. The van der Waals surface area contributed by atoms with Crippen molar-refractivity contribution in [3.05, 3.63) is 52.3 Å². The fraction of sp³-hybridized carbons (Fsp3) is 0.333. The van der Waals surface area contributed by atoms with Gasteiger partial charge in [-0.2, -0.15) is 15.3 Å². The molecule has 0 aliphatic heterocycles. The standard InChI is InChI=1S/C15H18ClN7O/c1-10-14(16)11(2)23(19-10)9-22-7-5-13(20-22)15(24)17-8-12-4-6-18-21(12)3/h4-7H,8-9H2,1-3H3,(H,17,24). The molecule has 9 heteroatoms. The van der Waals surface area contributed by atoms with E-state index in [9.17, 15) is 4.79 Å². The fourth-order valence-electron chi connectivity index (χ4n) is 2.35. The average Bonchev–Trinajstić information content (AvgIpc) is 3.24. The van der Waals surface area contributed by atoms with E-state index in [1.54, 1.807) is 32.5 Å². The number of halogens is 1. The van der Waals surface area contributed by atoms with Crippen LogP contribution in [-0.2, 0) is 20.3 Å². The second-order valence-electron chi connectivity index (χ2n) is 5.50. The molecule has 8 nitrogen and oxygen atoms in total. The summed E-state index contributed by atoms with van der Waals surface area (Å²) in [7, 11) is 1.83. The largest absolute Gasteiger partial charge is 0.345 e. The van der Waals surface area contributed by atoms with Crippen LogP contribution in [0.15, 0.2) is 24.5 Å². The number of hydrogen-bond acceptors (Lipinski definition) is 4. The number of hydrogen-bond donors (Lipinski definition) is 1. The Balaban J connectivity index is 1.65. The first-order chi connectivity index (χ1) is 11.5. The van der Waals surface area contributed by atoms with Gasteiger partial charge in [0.15, 0.2) is 0 Å². The third kappa shape index (κ3) is 3.18. The maximum Gasteiger partial charge on any atom is 0.272 e. The molecule has 1 N–H and O–H groups in total. The van der Waals surface area contributed by atoms with Crippen LogP contribution in [0.1, 0.15) is 27.6 Å².